The van der Waals surface area contributed by atoms with Crippen molar-refractivity contribution in [2.24, 2.45) is 0 Å². The van der Waals surface area contributed by atoms with Crippen LogP contribution in [0.2, 0.25) is 0 Å². The van der Waals surface area contributed by atoms with Crippen LogP contribution in [0.1, 0.15) is 18.1 Å². The fourth-order valence-corrected chi connectivity index (χ4v) is 1.75. The summed E-state index contributed by atoms with van der Waals surface area (Å²) in [6.07, 6.45) is 4.43. The van der Waals surface area contributed by atoms with Crippen LogP contribution in [-0.2, 0) is 19.6 Å². The van der Waals surface area contributed by atoms with Crippen molar-refractivity contribution < 1.29 is 4.57 Å². The van der Waals surface area contributed by atoms with Crippen LogP contribution >= 0.6 is 0 Å². The molecule has 1 aliphatic rings. The van der Waals surface area contributed by atoms with Crippen molar-refractivity contribution in [1.82, 2.24) is 4.90 Å². The topological polar surface area (TPSA) is 7.12 Å². The number of aryl methyl sites for hydroxylation is 1. The molecule has 1 aliphatic heterocycles. The summed E-state index contributed by atoms with van der Waals surface area (Å²) in [4.78, 5) is 2.34. The summed E-state index contributed by atoms with van der Waals surface area (Å²) in [5.74, 6) is 0. The highest BCUT2D eigenvalue weighted by atomic mass is 15.1. The van der Waals surface area contributed by atoms with E-state index in [0.717, 1.165) is 19.6 Å². The summed E-state index contributed by atoms with van der Waals surface area (Å²) < 4.78 is 2.23. The third-order valence-corrected chi connectivity index (χ3v) is 2.45. The first kappa shape index (κ1) is 7.74. The Hall–Kier alpha value is -0.890. The van der Waals surface area contributed by atoms with E-state index in [2.05, 4.69) is 41.9 Å². The number of aromatic nitrogens is 1. The maximum Gasteiger partial charge on any atom is 0.173 e. The molecule has 0 bridgehead atoms. The van der Waals surface area contributed by atoms with Crippen LogP contribution in [-0.4, -0.2) is 11.9 Å². The quantitative estimate of drug-likeness (QED) is 0.559. The van der Waals surface area contributed by atoms with Crippen LogP contribution in [0.25, 0.3) is 0 Å². The Labute approximate surface area is 73.4 Å². The highest BCUT2D eigenvalue weighted by Gasteiger charge is 2.17. The van der Waals surface area contributed by atoms with Crippen LogP contribution in [0.15, 0.2) is 18.5 Å². The molecule has 2 heteroatoms. The Morgan fingerprint density at radius 2 is 2.17 bits per heavy atom. The number of pyridine rings is 1. The molecular weight excluding hydrogens is 148 g/mol. The molecule has 0 amide bonds. The van der Waals surface area contributed by atoms with Gasteiger partial charge < -0.3 is 0 Å². The highest BCUT2D eigenvalue weighted by molar-refractivity contribution is 5.24. The predicted octanol–water partition coefficient (Wildman–Crippen LogP) is 0.939. The molecule has 0 aromatic carbocycles. The first-order valence-corrected chi connectivity index (χ1v) is 4.49. The van der Waals surface area contributed by atoms with E-state index >= 15 is 0 Å². The Morgan fingerprint density at radius 3 is 2.92 bits per heavy atom. The smallest absolute Gasteiger partial charge is 0.173 e. The van der Waals surface area contributed by atoms with E-state index in [4.69, 9.17) is 0 Å². The lowest BCUT2D eigenvalue weighted by atomic mass is 10.2. The van der Waals surface area contributed by atoms with E-state index in [0.29, 0.717) is 0 Å². The van der Waals surface area contributed by atoms with E-state index in [1.807, 2.05) is 0 Å². The summed E-state index contributed by atoms with van der Waals surface area (Å²) >= 11 is 0. The number of hydrogen-bond acceptors (Lipinski definition) is 1. The molecule has 1 aromatic rings. The molecule has 0 saturated carbocycles. The van der Waals surface area contributed by atoms with Crippen molar-refractivity contribution in [3.63, 3.8) is 0 Å². The average Bonchev–Trinajstić information content (AvgIpc) is 2.43. The maximum absolute atomic E-state index is 2.34. The average molecular weight is 163 g/mol. The third-order valence-electron chi connectivity index (χ3n) is 2.45. The van der Waals surface area contributed by atoms with Crippen LogP contribution < -0.4 is 4.57 Å². The molecule has 1 aromatic heterocycles. The molecular formula is C10H15N2+. The molecule has 2 rings (SSSR count). The van der Waals surface area contributed by atoms with Gasteiger partial charge in [-0.1, -0.05) is 0 Å². The number of hydrogen-bond donors (Lipinski definition) is 0. The molecule has 12 heavy (non-hydrogen) atoms. The van der Waals surface area contributed by atoms with E-state index in [-0.39, 0.29) is 0 Å². The Balaban J connectivity index is 2.35. The highest BCUT2D eigenvalue weighted by Crippen LogP contribution is 2.18. The lowest BCUT2D eigenvalue weighted by Gasteiger charge is -2.02. The minimum atomic E-state index is 1.07. The zero-order valence-corrected chi connectivity index (χ0v) is 7.75. The monoisotopic (exact) mass is 163 g/mol. The van der Waals surface area contributed by atoms with Crippen molar-refractivity contribution in [1.29, 1.82) is 0 Å². The second kappa shape index (κ2) is 2.87. The Bertz CT molecular complexity index is 294. The van der Waals surface area contributed by atoms with Crippen molar-refractivity contribution in [3.05, 3.63) is 29.6 Å². The predicted molar refractivity (Wildman–Crippen MR) is 47.5 cm³/mol. The van der Waals surface area contributed by atoms with E-state index in [1.165, 1.54) is 11.1 Å². The molecule has 0 fully saturated rings. The van der Waals surface area contributed by atoms with E-state index in [1.54, 1.807) is 0 Å². The molecule has 0 saturated heterocycles. The largest absolute Gasteiger partial charge is 0.298 e. The lowest BCUT2D eigenvalue weighted by Crippen LogP contribution is -2.31. The van der Waals surface area contributed by atoms with Gasteiger partial charge in [-0.15, -0.1) is 0 Å². The fourth-order valence-electron chi connectivity index (χ4n) is 1.75. The second-order valence-corrected chi connectivity index (χ2v) is 3.50. The minimum absolute atomic E-state index is 1.07. The second-order valence-electron chi connectivity index (χ2n) is 3.50. The van der Waals surface area contributed by atoms with Crippen molar-refractivity contribution in [3.8, 4) is 0 Å². The Morgan fingerprint density at radius 1 is 1.42 bits per heavy atom. The fraction of sp³-hybridized carbons (Fsp3) is 0.500. The molecule has 2 heterocycles. The van der Waals surface area contributed by atoms with E-state index < -0.39 is 0 Å². The molecule has 0 N–H and O–H groups in total. The van der Waals surface area contributed by atoms with Gasteiger partial charge >= 0.3 is 0 Å². The SMILES string of the molecule is CC[n+]1ccc2c(c1)CN(C)C2. The molecule has 0 atom stereocenters. The summed E-state index contributed by atoms with van der Waals surface area (Å²) in [5, 5.41) is 0. The van der Waals surface area contributed by atoms with Gasteiger partial charge in [-0.05, 0) is 19.5 Å². The molecule has 0 spiro atoms. The summed E-state index contributed by atoms with van der Waals surface area (Å²) in [5.41, 5.74) is 2.98. The maximum atomic E-state index is 2.34. The standard InChI is InChI=1S/C10H15N2/c1-3-12-5-4-9-6-11(2)7-10(9)8-12/h4-5,8H,3,6-7H2,1-2H3/q+1. The van der Waals surface area contributed by atoms with Crippen LogP contribution in [0.5, 0.6) is 0 Å². The molecule has 0 unspecified atom stereocenters. The van der Waals surface area contributed by atoms with Crippen LogP contribution in [0.4, 0.5) is 0 Å². The summed E-state index contributed by atoms with van der Waals surface area (Å²) in [6.45, 7) is 5.46. The van der Waals surface area contributed by atoms with Crippen molar-refractivity contribution in [2.75, 3.05) is 7.05 Å². The number of fused-ring (bicyclic) bond motifs is 1. The van der Waals surface area contributed by atoms with Gasteiger partial charge in [-0.2, -0.15) is 0 Å². The molecule has 2 nitrogen and oxygen atoms in total. The molecule has 0 aliphatic carbocycles. The molecule has 64 valence electrons. The summed E-state index contributed by atoms with van der Waals surface area (Å²) in [6, 6.07) is 2.24. The third kappa shape index (κ3) is 1.23. The lowest BCUT2D eigenvalue weighted by molar-refractivity contribution is -0.694. The van der Waals surface area contributed by atoms with Gasteiger partial charge in [0.15, 0.2) is 12.4 Å². The zero-order chi connectivity index (χ0) is 8.55. The summed E-state index contributed by atoms with van der Waals surface area (Å²) in [7, 11) is 2.16. The normalized spacial score (nSPS) is 16.5. The van der Waals surface area contributed by atoms with Gasteiger partial charge in [0.1, 0.15) is 6.54 Å². The number of nitrogens with zero attached hydrogens (tertiary/aromatic N) is 2. The Kier molecular flexibility index (Phi) is 1.85. The van der Waals surface area contributed by atoms with Gasteiger partial charge in [0.05, 0.1) is 0 Å². The molecule has 0 radical (unpaired) electrons. The number of rotatable bonds is 1. The first-order chi connectivity index (χ1) is 5.79. The zero-order valence-electron chi connectivity index (χ0n) is 7.75. The van der Waals surface area contributed by atoms with Gasteiger partial charge in [-0.25, -0.2) is 4.57 Å². The first-order valence-electron chi connectivity index (χ1n) is 4.49. The minimum Gasteiger partial charge on any atom is -0.298 e. The van der Waals surface area contributed by atoms with E-state index in [9.17, 15) is 0 Å². The van der Waals surface area contributed by atoms with Gasteiger partial charge in [-0.3, -0.25) is 4.90 Å². The van der Waals surface area contributed by atoms with Gasteiger partial charge in [0.25, 0.3) is 0 Å². The van der Waals surface area contributed by atoms with Gasteiger partial charge in [0.2, 0.25) is 0 Å². The van der Waals surface area contributed by atoms with Crippen LogP contribution in [0, 0.1) is 0 Å². The van der Waals surface area contributed by atoms with Crippen LogP contribution in [0.3, 0.4) is 0 Å². The van der Waals surface area contributed by atoms with Gasteiger partial charge in [0, 0.05) is 24.7 Å². The van der Waals surface area contributed by atoms with Crippen molar-refractivity contribution >= 4 is 0 Å². The van der Waals surface area contributed by atoms with Crippen molar-refractivity contribution in [2.45, 2.75) is 26.6 Å².